The van der Waals surface area contributed by atoms with Gasteiger partial charge in [-0.3, -0.25) is 4.57 Å². The Morgan fingerprint density at radius 3 is 2.74 bits per heavy atom. The first-order valence-electron chi connectivity index (χ1n) is 6.08. The molecule has 3 rings (SSSR count). The number of para-hydroxylation sites is 1. The highest BCUT2D eigenvalue weighted by molar-refractivity contribution is 5.83. The second-order valence-corrected chi connectivity index (χ2v) is 4.70. The number of fused-ring (bicyclic) bond motifs is 1. The molecule has 0 aliphatic carbocycles. The second-order valence-electron chi connectivity index (χ2n) is 4.70. The summed E-state index contributed by atoms with van der Waals surface area (Å²) in [6.45, 7) is 3.88. The zero-order valence-corrected chi connectivity index (χ0v) is 10.8. The maximum Gasteiger partial charge on any atom is 0.206 e. The highest BCUT2D eigenvalue weighted by Gasteiger charge is 2.14. The van der Waals surface area contributed by atoms with Crippen LogP contribution < -0.4 is 5.73 Å². The number of benzene rings is 2. The molecule has 0 spiro atoms. The van der Waals surface area contributed by atoms with E-state index in [-0.39, 0.29) is 5.82 Å². The quantitative estimate of drug-likeness (QED) is 0.724. The minimum Gasteiger partial charge on any atom is -0.369 e. The van der Waals surface area contributed by atoms with Gasteiger partial charge in [-0.05, 0) is 43.2 Å². The molecule has 1 aromatic heterocycles. The second kappa shape index (κ2) is 4.09. The summed E-state index contributed by atoms with van der Waals surface area (Å²) >= 11 is 0. The molecular weight excluding hydrogens is 241 g/mol. The summed E-state index contributed by atoms with van der Waals surface area (Å²) in [5, 5.41) is 0. The first-order valence-corrected chi connectivity index (χ1v) is 6.08. The van der Waals surface area contributed by atoms with Gasteiger partial charge in [0.05, 0.1) is 16.7 Å². The molecule has 0 atom stereocenters. The number of nitrogen functional groups attached to an aromatic ring is 1. The number of aromatic nitrogens is 2. The lowest BCUT2D eigenvalue weighted by Gasteiger charge is -2.09. The van der Waals surface area contributed by atoms with E-state index in [1.54, 1.807) is 16.7 Å². The summed E-state index contributed by atoms with van der Waals surface area (Å²) < 4.78 is 15.7. The normalized spacial score (nSPS) is 11.1. The maximum atomic E-state index is 14.0. The van der Waals surface area contributed by atoms with Crippen LogP contribution in [0.1, 0.15) is 11.1 Å². The molecule has 3 nitrogen and oxygen atoms in total. The molecule has 96 valence electrons. The Morgan fingerprint density at radius 1 is 1.16 bits per heavy atom. The molecule has 1 heterocycles. The minimum absolute atomic E-state index is 0.300. The van der Waals surface area contributed by atoms with E-state index in [0.29, 0.717) is 11.6 Å². The van der Waals surface area contributed by atoms with E-state index >= 15 is 0 Å². The Labute approximate surface area is 110 Å². The number of imidazole rings is 1. The molecule has 19 heavy (non-hydrogen) atoms. The standard InChI is InChI=1S/C15H14FN3/c1-9-6-7-11(16)13(8-9)19-12-5-3-4-10(2)14(12)18-15(19)17/h3-8H,1-2H3,(H2,17,18). The monoisotopic (exact) mass is 255 g/mol. The van der Waals surface area contributed by atoms with Crippen LogP contribution in [0.2, 0.25) is 0 Å². The summed E-state index contributed by atoms with van der Waals surface area (Å²) in [7, 11) is 0. The summed E-state index contributed by atoms with van der Waals surface area (Å²) in [6, 6.07) is 10.7. The van der Waals surface area contributed by atoms with E-state index in [1.807, 2.05) is 32.0 Å². The zero-order valence-electron chi connectivity index (χ0n) is 10.8. The van der Waals surface area contributed by atoms with Gasteiger partial charge >= 0.3 is 0 Å². The van der Waals surface area contributed by atoms with E-state index in [0.717, 1.165) is 22.2 Å². The number of anilines is 1. The molecule has 0 bridgehead atoms. The van der Waals surface area contributed by atoms with Crippen molar-refractivity contribution >= 4 is 17.0 Å². The van der Waals surface area contributed by atoms with Gasteiger partial charge in [-0.15, -0.1) is 0 Å². The highest BCUT2D eigenvalue weighted by Crippen LogP contribution is 2.27. The van der Waals surface area contributed by atoms with Crippen LogP contribution in [0.15, 0.2) is 36.4 Å². The van der Waals surface area contributed by atoms with Crippen LogP contribution in [-0.4, -0.2) is 9.55 Å². The average Bonchev–Trinajstić information content (AvgIpc) is 2.70. The van der Waals surface area contributed by atoms with E-state index in [9.17, 15) is 4.39 Å². The first-order chi connectivity index (χ1) is 9.08. The van der Waals surface area contributed by atoms with Crippen LogP contribution in [0.25, 0.3) is 16.7 Å². The van der Waals surface area contributed by atoms with Gasteiger partial charge in [0.2, 0.25) is 5.95 Å². The Hall–Kier alpha value is -2.36. The van der Waals surface area contributed by atoms with Crippen molar-refractivity contribution in [3.63, 3.8) is 0 Å². The maximum absolute atomic E-state index is 14.0. The van der Waals surface area contributed by atoms with Crippen LogP contribution in [0.4, 0.5) is 10.3 Å². The van der Waals surface area contributed by atoms with Gasteiger partial charge in [-0.2, -0.15) is 0 Å². The van der Waals surface area contributed by atoms with Gasteiger partial charge in [0.15, 0.2) is 0 Å². The van der Waals surface area contributed by atoms with Crippen molar-refractivity contribution in [2.24, 2.45) is 0 Å². The van der Waals surface area contributed by atoms with Gasteiger partial charge in [0, 0.05) is 0 Å². The van der Waals surface area contributed by atoms with Crippen LogP contribution in [-0.2, 0) is 0 Å². The molecule has 0 radical (unpaired) electrons. The molecule has 0 saturated carbocycles. The van der Waals surface area contributed by atoms with Crippen molar-refractivity contribution < 1.29 is 4.39 Å². The van der Waals surface area contributed by atoms with Crippen LogP contribution in [0, 0.1) is 19.7 Å². The molecule has 2 N–H and O–H groups in total. The van der Waals surface area contributed by atoms with Gasteiger partial charge in [0.25, 0.3) is 0 Å². The third-order valence-corrected chi connectivity index (χ3v) is 3.26. The number of rotatable bonds is 1. The molecule has 0 amide bonds. The topological polar surface area (TPSA) is 43.8 Å². The van der Waals surface area contributed by atoms with Crippen molar-refractivity contribution in [2.75, 3.05) is 5.73 Å². The van der Waals surface area contributed by atoms with Crippen molar-refractivity contribution in [2.45, 2.75) is 13.8 Å². The summed E-state index contributed by atoms with van der Waals surface area (Å²) in [5.74, 6) is -0.00749. The third-order valence-electron chi connectivity index (χ3n) is 3.26. The fourth-order valence-electron chi connectivity index (χ4n) is 2.30. The first kappa shape index (κ1) is 11.7. The number of halogens is 1. The molecule has 0 unspecified atom stereocenters. The molecule has 0 aliphatic rings. The summed E-state index contributed by atoms with van der Waals surface area (Å²) in [5.41, 5.74) is 10.0. The predicted molar refractivity (Wildman–Crippen MR) is 74.9 cm³/mol. The smallest absolute Gasteiger partial charge is 0.206 e. The molecule has 4 heteroatoms. The molecule has 0 fully saturated rings. The number of nitrogens with zero attached hydrogens (tertiary/aromatic N) is 2. The van der Waals surface area contributed by atoms with Crippen LogP contribution in [0.3, 0.4) is 0 Å². The fourth-order valence-corrected chi connectivity index (χ4v) is 2.30. The Morgan fingerprint density at radius 2 is 1.95 bits per heavy atom. The number of aryl methyl sites for hydroxylation is 2. The minimum atomic E-state index is -0.307. The molecule has 0 aliphatic heterocycles. The summed E-state index contributed by atoms with van der Waals surface area (Å²) in [6.07, 6.45) is 0. The van der Waals surface area contributed by atoms with Crippen molar-refractivity contribution in [3.8, 4) is 5.69 Å². The van der Waals surface area contributed by atoms with Crippen molar-refractivity contribution in [1.82, 2.24) is 9.55 Å². The van der Waals surface area contributed by atoms with Crippen LogP contribution in [0.5, 0.6) is 0 Å². The summed E-state index contributed by atoms with van der Waals surface area (Å²) in [4.78, 5) is 4.33. The number of hydrogen-bond donors (Lipinski definition) is 1. The van der Waals surface area contributed by atoms with Gasteiger partial charge < -0.3 is 5.73 Å². The lowest BCUT2D eigenvalue weighted by atomic mass is 10.2. The Bertz CT molecular complexity index is 774. The average molecular weight is 255 g/mol. The lowest BCUT2D eigenvalue weighted by molar-refractivity contribution is 0.619. The Balaban J connectivity index is 2.39. The molecule has 0 saturated heterocycles. The largest absolute Gasteiger partial charge is 0.369 e. The fraction of sp³-hybridized carbons (Fsp3) is 0.133. The van der Waals surface area contributed by atoms with Gasteiger partial charge in [-0.1, -0.05) is 18.2 Å². The van der Waals surface area contributed by atoms with E-state index in [2.05, 4.69) is 4.98 Å². The van der Waals surface area contributed by atoms with E-state index in [1.165, 1.54) is 6.07 Å². The van der Waals surface area contributed by atoms with E-state index in [4.69, 9.17) is 5.73 Å². The van der Waals surface area contributed by atoms with Crippen LogP contribution >= 0.6 is 0 Å². The lowest BCUT2D eigenvalue weighted by Crippen LogP contribution is -2.03. The predicted octanol–water partition coefficient (Wildman–Crippen LogP) is 3.36. The highest BCUT2D eigenvalue weighted by atomic mass is 19.1. The van der Waals surface area contributed by atoms with Crippen molar-refractivity contribution in [3.05, 3.63) is 53.3 Å². The Kier molecular flexibility index (Phi) is 2.52. The SMILES string of the molecule is Cc1ccc(F)c(-n2c(N)nc3c(C)cccc32)c1. The van der Waals surface area contributed by atoms with Gasteiger partial charge in [-0.25, -0.2) is 9.37 Å². The third kappa shape index (κ3) is 1.76. The molecule has 3 aromatic rings. The number of hydrogen-bond acceptors (Lipinski definition) is 2. The van der Waals surface area contributed by atoms with Gasteiger partial charge in [0.1, 0.15) is 5.82 Å². The van der Waals surface area contributed by atoms with Crippen molar-refractivity contribution in [1.29, 1.82) is 0 Å². The zero-order chi connectivity index (χ0) is 13.6. The van der Waals surface area contributed by atoms with E-state index < -0.39 is 0 Å². The molecular formula is C15H14FN3. The molecule has 2 aromatic carbocycles. The number of nitrogens with two attached hydrogens (primary N) is 1.